The van der Waals surface area contributed by atoms with Crippen LogP contribution in [0.25, 0.3) is 0 Å². The minimum Gasteiger partial charge on any atom is -0.424 e. The molecule has 2 N–H and O–H groups in total. The van der Waals surface area contributed by atoms with Gasteiger partial charge in [-0.3, -0.25) is 0 Å². The third-order valence-electron chi connectivity index (χ3n) is 2.07. The van der Waals surface area contributed by atoms with Gasteiger partial charge in [-0.2, -0.15) is 0 Å². The zero-order chi connectivity index (χ0) is 11.5. The summed E-state index contributed by atoms with van der Waals surface area (Å²) in [6, 6.07) is 5.32. The van der Waals surface area contributed by atoms with Crippen LogP contribution in [0, 0.1) is 0 Å². The maximum Gasteiger partial charge on any atom is 0.230 e. The molecule has 16 heavy (non-hydrogen) atoms. The van der Waals surface area contributed by atoms with E-state index in [1.807, 2.05) is 0 Å². The molecule has 0 aliphatic carbocycles. The Bertz CT molecular complexity index is 478. The number of rotatable bonds is 3. The van der Waals surface area contributed by atoms with E-state index in [1.165, 1.54) is 0 Å². The van der Waals surface area contributed by atoms with Gasteiger partial charge in [0.05, 0.1) is 13.0 Å². The van der Waals surface area contributed by atoms with Crippen LogP contribution in [0.1, 0.15) is 17.3 Å². The molecule has 0 aliphatic rings. The largest absolute Gasteiger partial charge is 0.424 e. The van der Waals surface area contributed by atoms with Gasteiger partial charge in [-0.1, -0.05) is 29.3 Å². The monoisotopic (exact) mass is 257 g/mol. The lowest BCUT2D eigenvalue weighted by Gasteiger charge is -2.03. The Balaban J connectivity index is 2.26. The average Bonchev–Trinajstić information content (AvgIpc) is 2.71. The molecule has 4 nitrogen and oxygen atoms in total. The lowest BCUT2D eigenvalue weighted by atomic mass is 10.1. The summed E-state index contributed by atoms with van der Waals surface area (Å²) in [5, 5.41) is 8.78. The predicted molar refractivity (Wildman–Crippen MR) is 61.5 cm³/mol. The molecule has 6 heteroatoms. The number of benzene rings is 1. The van der Waals surface area contributed by atoms with Crippen molar-refractivity contribution in [2.24, 2.45) is 5.73 Å². The highest BCUT2D eigenvalue weighted by Gasteiger charge is 2.11. The smallest absolute Gasteiger partial charge is 0.230 e. The second-order valence-electron chi connectivity index (χ2n) is 3.17. The quantitative estimate of drug-likeness (QED) is 0.918. The molecule has 0 atom stereocenters. The summed E-state index contributed by atoms with van der Waals surface area (Å²) in [4.78, 5) is 0. The molecule has 0 aliphatic heterocycles. The minimum atomic E-state index is 0.225. The SMILES string of the molecule is NCc1nnc(Cc2c(Cl)cccc2Cl)o1. The van der Waals surface area contributed by atoms with Crippen molar-refractivity contribution >= 4 is 23.2 Å². The number of nitrogens with zero attached hydrogens (tertiary/aromatic N) is 2. The molecule has 0 saturated heterocycles. The third-order valence-corrected chi connectivity index (χ3v) is 2.78. The van der Waals surface area contributed by atoms with Crippen LogP contribution in [0.15, 0.2) is 22.6 Å². The summed E-state index contributed by atoms with van der Waals surface area (Å²) in [6.45, 7) is 0.225. The van der Waals surface area contributed by atoms with Crippen LogP contribution in [-0.4, -0.2) is 10.2 Å². The van der Waals surface area contributed by atoms with Gasteiger partial charge in [-0.05, 0) is 17.7 Å². The van der Waals surface area contributed by atoms with E-state index in [2.05, 4.69) is 10.2 Å². The van der Waals surface area contributed by atoms with E-state index in [0.29, 0.717) is 28.2 Å². The zero-order valence-corrected chi connectivity index (χ0v) is 9.79. The van der Waals surface area contributed by atoms with Crippen molar-refractivity contribution in [3.05, 3.63) is 45.6 Å². The second-order valence-corrected chi connectivity index (χ2v) is 3.99. The Hall–Kier alpha value is -1.10. The van der Waals surface area contributed by atoms with Crippen LogP contribution in [0.3, 0.4) is 0 Å². The second kappa shape index (κ2) is 4.82. The minimum absolute atomic E-state index is 0.225. The molecular weight excluding hydrogens is 249 g/mol. The fourth-order valence-electron chi connectivity index (χ4n) is 1.29. The van der Waals surface area contributed by atoms with Crippen molar-refractivity contribution in [3.8, 4) is 0 Å². The average molecular weight is 258 g/mol. The van der Waals surface area contributed by atoms with Crippen molar-refractivity contribution in [2.45, 2.75) is 13.0 Å². The van der Waals surface area contributed by atoms with Gasteiger partial charge >= 0.3 is 0 Å². The van der Waals surface area contributed by atoms with Gasteiger partial charge in [0.1, 0.15) is 0 Å². The van der Waals surface area contributed by atoms with Gasteiger partial charge in [0, 0.05) is 10.0 Å². The van der Waals surface area contributed by atoms with Crippen LogP contribution >= 0.6 is 23.2 Å². The first-order valence-electron chi connectivity index (χ1n) is 4.65. The molecule has 2 aromatic rings. The Labute approximate surface area is 102 Å². The summed E-state index contributed by atoms with van der Waals surface area (Å²) >= 11 is 12.0. The first-order valence-corrected chi connectivity index (χ1v) is 5.40. The molecule has 0 amide bonds. The van der Waals surface area contributed by atoms with Crippen molar-refractivity contribution in [2.75, 3.05) is 0 Å². The maximum absolute atomic E-state index is 6.02. The van der Waals surface area contributed by atoms with E-state index in [1.54, 1.807) is 18.2 Å². The Morgan fingerprint density at radius 2 is 1.75 bits per heavy atom. The van der Waals surface area contributed by atoms with Crippen LogP contribution in [0.2, 0.25) is 10.0 Å². The summed E-state index contributed by atoms with van der Waals surface area (Å²) in [5.74, 6) is 0.855. The first kappa shape index (κ1) is 11.4. The number of nitrogens with two attached hydrogens (primary N) is 1. The Morgan fingerprint density at radius 3 is 2.31 bits per heavy atom. The van der Waals surface area contributed by atoms with Crippen LogP contribution in [0.5, 0.6) is 0 Å². The molecular formula is C10H9Cl2N3O. The number of hydrogen-bond acceptors (Lipinski definition) is 4. The van der Waals surface area contributed by atoms with E-state index in [4.69, 9.17) is 33.4 Å². The molecule has 1 aromatic carbocycles. The number of halogens is 2. The van der Waals surface area contributed by atoms with Crippen LogP contribution in [0.4, 0.5) is 0 Å². The maximum atomic E-state index is 6.02. The Kier molecular flexibility index (Phi) is 3.43. The highest BCUT2D eigenvalue weighted by molar-refractivity contribution is 6.36. The van der Waals surface area contributed by atoms with Gasteiger partial charge in [0.25, 0.3) is 0 Å². The van der Waals surface area contributed by atoms with Crippen molar-refractivity contribution in [1.82, 2.24) is 10.2 Å². The van der Waals surface area contributed by atoms with Crippen molar-refractivity contribution in [1.29, 1.82) is 0 Å². The standard InChI is InChI=1S/C10H9Cl2N3O/c11-7-2-1-3-8(12)6(7)4-9-14-15-10(5-13)16-9/h1-3H,4-5,13H2. The summed E-state index contributed by atoms with van der Waals surface area (Å²) in [5.41, 5.74) is 6.14. The van der Waals surface area contributed by atoms with E-state index < -0.39 is 0 Å². The molecule has 0 spiro atoms. The summed E-state index contributed by atoms with van der Waals surface area (Å²) in [6.07, 6.45) is 0.408. The van der Waals surface area contributed by atoms with Gasteiger partial charge in [0.2, 0.25) is 11.8 Å². The number of hydrogen-bond donors (Lipinski definition) is 1. The summed E-state index contributed by atoms with van der Waals surface area (Å²) < 4.78 is 5.28. The lowest BCUT2D eigenvalue weighted by Crippen LogP contribution is -1.95. The van der Waals surface area contributed by atoms with Crippen LogP contribution < -0.4 is 5.73 Å². The highest BCUT2D eigenvalue weighted by atomic mass is 35.5. The van der Waals surface area contributed by atoms with E-state index in [0.717, 1.165) is 5.56 Å². The molecule has 0 radical (unpaired) electrons. The van der Waals surface area contributed by atoms with Gasteiger partial charge in [0.15, 0.2) is 0 Å². The molecule has 0 bridgehead atoms. The van der Waals surface area contributed by atoms with Crippen molar-refractivity contribution < 1.29 is 4.42 Å². The fraction of sp³-hybridized carbons (Fsp3) is 0.200. The van der Waals surface area contributed by atoms with Gasteiger partial charge < -0.3 is 10.2 Å². The zero-order valence-electron chi connectivity index (χ0n) is 8.28. The van der Waals surface area contributed by atoms with Gasteiger partial charge in [-0.15, -0.1) is 10.2 Å². The topological polar surface area (TPSA) is 64.9 Å². The van der Waals surface area contributed by atoms with E-state index >= 15 is 0 Å². The fourth-order valence-corrected chi connectivity index (χ4v) is 1.83. The molecule has 2 rings (SSSR count). The van der Waals surface area contributed by atoms with Crippen LogP contribution in [-0.2, 0) is 13.0 Å². The molecule has 84 valence electrons. The number of aromatic nitrogens is 2. The predicted octanol–water partition coefficient (Wildman–Crippen LogP) is 2.43. The molecule has 1 heterocycles. The lowest BCUT2D eigenvalue weighted by molar-refractivity contribution is 0.459. The first-order chi connectivity index (χ1) is 7.70. The molecule has 0 unspecified atom stereocenters. The highest BCUT2D eigenvalue weighted by Crippen LogP contribution is 2.26. The molecule has 1 aromatic heterocycles. The third kappa shape index (κ3) is 2.35. The van der Waals surface area contributed by atoms with E-state index in [-0.39, 0.29) is 6.54 Å². The normalized spacial score (nSPS) is 10.7. The Morgan fingerprint density at radius 1 is 1.12 bits per heavy atom. The summed E-state index contributed by atoms with van der Waals surface area (Å²) in [7, 11) is 0. The molecule has 0 saturated carbocycles. The van der Waals surface area contributed by atoms with E-state index in [9.17, 15) is 0 Å². The molecule has 0 fully saturated rings. The van der Waals surface area contributed by atoms with Gasteiger partial charge in [-0.25, -0.2) is 0 Å². The van der Waals surface area contributed by atoms with Crippen molar-refractivity contribution in [3.63, 3.8) is 0 Å².